The molecule has 6 N–H and O–H groups in total. The summed E-state index contributed by atoms with van der Waals surface area (Å²) in [6, 6.07) is 0. The number of carbonyl (C=O) groups is 3. The third kappa shape index (κ3) is 9.04. The Morgan fingerprint density at radius 1 is 0.953 bits per heavy atom. The van der Waals surface area contributed by atoms with Gasteiger partial charge in [-0.25, -0.2) is 4.79 Å². The van der Waals surface area contributed by atoms with Crippen LogP contribution in [-0.2, 0) is 28.5 Å². The molecule has 0 saturated carbocycles. The summed E-state index contributed by atoms with van der Waals surface area (Å²) in [6.45, 7) is 17.5. The highest BCUT2D eigenvalue weighted by atomic mass is 16.7. The first-order valence-corrected chi connectivity index (χ1v) is 22.0. The zero-order valence-corrected chi connectivity index (χ0v) is 38.5. The van der Waals surface area contributed by atoms with Crippen LogP contribution >= 0.6 is 0 Å². The maximum atomic E-state index is 13.9. The lowest BCUT2D eigenvalue weighted by atomic mass is 9.78. The van der Waals surface area contributed by atoms with E-state index in [1.54, 1.807) is 64.7 Å². The molecule has 4 heterocycles. The van der Waals surface area contributed by atoms with E-state index in [9.17, 15) is 39.9 Å². The molecule has 64 heavy (non-hydrogen) atoms. The second kappa shape index (κ2) is 18.7. The minimum absolute atomic E-state index is 0.0849. The number of methoxy groups -OCH3 is 1. The highest BCUT2D eigenvalue weighted by molar-refractivity contribution is 6.08. The lowest BCUT2D eigenvalue weighted by Gasteiger charge is -2.38. The first kappa shape index (κ1) is 48.2. The van der Waals surface area contributed by atoms with Gasteiger partial charge in [0.2, 0.25) is 0 Å². The number of allylic oxidation sites excluding steroid dienone is 2. The number of anilines is 1. The Balaban J connectivity index is 1.52. The molecule has 6 rings (SSSR count). The number of esters is 1. The number of hydrogen-bond acceptors (Lipinski definition) is 15. The van der Waals surface area contributed by atoms with Crippen LogP contribution in [0.4, 0.5) is 10.5 Å². The first-order chi connectivity index (χ1) is 30.1. The molecule has 2 aromatic carbocycles. The van der Waals surface area contributed by atoms with Gasteiger partial charge in [-0.05, 0) is 25.8 Å². The predicted molar refractivity (Wildman–Crippen MR) is 235 cm³/mol. The van der Waals surface area contributed by atoms with Gasteiger partial charge >= 0.3 is 12.1 Å². The number of benzene rings is 2. The SMILES string of the molecule is CO[C@H]1/C=C/O[C@@]2(C)Oc3c(C)c(O)c4c(O)c(c5c(c4c3C2O)=NC2(CCN(C(=O)OCC(C)C)CC2)N=5)NC(=O)/C(C)=C\C=C\[C@H](C)[C@H](O)[C@@H](C)[C@@H](O)[C@@H](C)[C@H](OC(C)=O)[C@@H]1C. The van der Waals surface area contributed by atoms with Crippen LogP contribution in [0.5, 0.6) is 17.2 Å². The molecule has 2 amide bonds. The molecule has 1 fully saturated rings. The summed E-state index contributed by atoms with van der Waals surface area (Å²) in [5, 5.41) is 62.4. The molecule has 4 aliphatic rings. The van der Waals surface area contributed by atoms with E-state index in [0.29, 0.717) is 0 Å². The van der Waals surface area contributed by atoms with Crippen LogP contribution < -0.4 is 20.8 Å². The van der Waals surface area contributed by atoms with Crippen LogP contribution in [0.15, 0.2) is 46.1 Å². The fourth-order valence-corrected chi connectivity index (χ4v) is 9.12. The van der Waals surface area contributed by atoms with Crippen LogP contribution in [0.2, 0.25) is 0 Å². The summed E-state index contributed by atoms with van der Waals surface area (Å²) in [5.41, 5.74) is -0.724. The highest BCUT2D eigenvalue weighted by Crippen LogP contribution is 2.54. The van der Waals surface area contributed by atoms with E-state index in [4.69, 9.17) is 33.7 Å². The molecule has 0 radical (unpaired) electrons. The standard InChI is InChI=1S/C47H64N4O13/c1-22(2)21-61-45(59)51-18-16-47(17-19-51)49-34-31-32-39(55)28(8)42-33(31)43(57)46(10,64-42)62-20-15-30(60-11)25(5)41(63-29(9)52)27(7)38(54)26(6)37(53)23(3)13-12-14-24(4)44(58)48-36(40(32)56)35(34)50-47/h12-15,20,22-23,25-27,30,37-38,41,43,53-57H,16-19,21H2,1-11H3,(H,48,58)/b13-12+,20-15+,24-14-/t23-,25+,26+,27+,30-,37-,38+,41+,43?,46-/m0/s1. The number of phenols is 2. The zero-order chi connectivity index (χ0) is 47.2. The van der Waals surface area contributed by atoms with Crippen molar-refractivity contribution in [2.45, 2.75) is 124 Å². The Morgan fingerprint density at radius 3 is 2.23 bits per heavy atom. The van der Waals surface area contributed by atoms with Crippen molar-refractivity contribution in [3.8, 4) is 17.2 Å². The van der Waals surface area contributed by atoms with Crippen LogP contribution in [0, 0.1) is 36.5 Å². The summed E-state index contributed by atoms with van der Waals surface area (Å²) in [5.74, 6) is -6.11. The number of likely N-dealkylation sites (tertiary alicyclic amines) is 1. The van der Waals surface area contributed by atoms with Crippen molar-refractivity contribution in [1.82, 2.24) is 4.90 Å². The second-order valence-electron chi connectivity index (χ2n) is 18.4. The number of aliphatic hydroxyl groups is 3. The Morgan fingerprint density at radius 2 is 1.61 bits per heavy atom. The van der Waals surface area contributed by atoms with Crippen LogP contribution in [0.25, 0.3) is 10.8 Å². The van der Waals surface area contributed by atoms with Gasteiger partial charge in [0, 0.05) is 92.6 Å². The summed E-state index contributed by atoms with van der Waals surface area (Å²) >= 11 is 0. The highest BCUT2D eigenvalue weighted by Gasteiger charge is 2.50. The third-order valence-electron chi connectivity index (χ3n) is 13.2. The average Bonchev–Trinajstić information content (AvgIpc) is 3.75. The third-order valence-corrected chi connectivity index (χ3v) is 13.2. The van der Waals surface area contributed by atoms with E-state index in [0.717, 1.165) is 0 Å². The van der Waals surface area contributed by atoms with Crippen molar-refractivity contribution in [1.29, 1.82) is 0 Å². The van der Waals surface area contributed by atoms with Gasteiger partial charge in [-0.2, -0.15) is 0 Å². The molecule has 1 unspecified atom stereocenters. The van der Waals surface area contributed by atoms with Crippen LogP contribution in [0.1, 0.15) is 92.4 Å². The average molecular weight is 893 g/mol. The van der Waals surface area contributed by atoms with Gasteiger partial charge in [0.15, 0.2) is 17.5 Å². The van der Waals surface area contributed by atoms with Crippen LogP contribution in [0.3, 0.4) is 0 Å². The molecule has 17 heteroatoms. The number of hydrogen-bond donors (Lipinski definition) is 6. The normalized spacial score (nSPS) is 32.4. The minimum Gasteiger partial charge on any atom is -0.507 e. The van der Waals surface area contributed by atoms with E-state index >= 15 is 0 Å². The van der Waals surface area contributed by atoms with Crippen molar-refractivity contribution >= 4 is 34.4 Å². The molecule has 2 aromatic rings. The van der Waals surface area contributed by atoms with E-state index in [-0.39, 0.29) is 93.8 Å². The molecule has 350 valence electrons. The monoisotopic (exact) mass is 892 g/mol. The Kier molecular flexibility index (Phi) is 14.1. The predicted octanol–water partition coefficient (Wildman–Crippen LogP) is 4.74. The zero-order valence-electron chi connectivity index (χ0n) is 38.5. The number of amides is 2. The Bertz CT molecular complexity index is 2370. The second-order valence-corrected chi connectivity index (χ2v) is 18.4. The van der Waals surface area contributed by atoms with E-state index in [1.807, 2.05) is 13.8 Å². The van der Waals surface area contributed by atoms with Gasteiger partial charge in [0.25, 0.3) is 11.7 Å². The maximum Gasteiger partial charge on any atom is 0.409 e. The number of ether oxygens (including phenoxy) is 5. The smallest absolute Gasteiger partial charge is 0.409 e. The molecule has 17 nitrogen and oxygen atoms in total. The Hall–Kier alpha value is -5.23. The number of aromatic hydroxyl groups is 2. The fourth-order valence-electron chi connectivity index (χ4n) is 9.12. The van der Waals surface area contributed by atoms with Gasteiger partial charge in [0.1, 0.15) is 28.6 Å². The molecule has 0 aromatic heterocycles. The van der Waals surface area contributed by atoms with Gasteiger partial charge < -0.3 is 59.4 Å². The molecule has 0 aliphatic carbocycles. The number of rotatable bonds is 4. The number of phenolic OH excluding ortho intramolecular Hbond substituents is 2. The maximum absolute atomic E-state index is 13.9. The summed E-state index contributed by atoms with van der Waals surface area (Å²) in [4.78, 5) is 51.1. The summed E-state index contributed by atoms with van der Waals surface area (Å²) in [7, 11) is 1.47. The molecule has 4 aliphatic heterocycles. The van der Waals surface area contributed by atoms with Crippen molar-refractivity contribution in [3.63, 3.8) is 0 Å². The van der Waals surface area contributed by atoms with Gasteiger partial charge in [-0.1, -0.05) is 59.8 Å². The van der Waals surface area contributed by atoms with E-state index in [2.05, 4.69) is 5.32 Å². The Labute approximate surface area is 373 Å². The number of fused-ring (bicyclic) bond motifs is 1. The lowest BCUT2D eigenvalue weighted by Crippen LogP contribution is -2.46. The number of nitrogens with one attached hydrogen (secondary N) is 1. The fraction of sp³-hybridized carbons (Fsp3) is 0.596. The molecule has 4 bridgehead atoms. The lowest BCUT2D eigenvalue weighted by molar-refractivity contribution is -0.181. The number of aliphatic hydroxyl groups excluding tert-OH is 3. The van der Waals surface area contributed by atoms with Gasteiger partial charge in [-0.15, -0.1) is 0 Å². The van der Waals surface area contributed by atoms with Crippen molar-refractivity contribution in [2.24, 2.45) is 39.6 Å². The summed E-state index contributed by atoms with van der Waals surface area (Å²) in [6.07, 6.45) is 2.41. The molecule has 1 spiro atoms. The summed E-state index contributed by atoms with van der Waals surface area (Å²) < 4.78 is 29.6. The van der Waals surface area contributed by atoms with Crippen molar-refractivity contribution < 1.29 is 63.6 Å². The van der Waals surface area contributed by atoms with Crippen LogP contribution in [-0.4, -0.2) is 111 Å². The van der Waals surface area contributed by atoms with Crippen molar-refractivity contribution in [2.75, 3.05) is 32.1 Å². The number of carbonyl (C=O) groups excluding carboxylic acids is 3. The molecular formula is C47H64N4O13. The van der Waals surface area contributed by atoms with Gasteiger partial charge in [-0.3, -0.25) is 19.6 Å². The van der Waals surface area contributed by atoms with Gasteiger partial charge in [0.05, 0.1) is 41.9 Å². The molecule has 10 atom stereocenters. The largest absolute Gasteiger partial charge is 0.507 e. The molecular weight excluding hydrogens is 829 g/mol. The molecule has 1 saturated heterocycles. The van der Waals surface area contributed by atoms with Crippen molar-refractivity contribution in [3.05, 3.63) is 58.0 Å². The first-order valence-electron chi connectivity index (χ1n) is 22.0. The van der Waals surface area contributed by atoms with E-state index < -0.39 is 89.4 Å². The quantitative estimate of drug-likeness (QED) is 0.180. The van der Waals surface area contributed by atoms with E-state index in [1.165, 1.54) is 33.3 Å². The minimum atomic E-state index is -1.82. The topological polar surface area (TPSA) is 238 Å². The number of piperidine rings is 1. The number of nitrogens with zero attached hydrogens (tertiary/aromatic N) is 3.